The number of pyridine rings is 1. The van der Waals surface area contributed by atoms with Gasteiger partial charge in [-0.25, -0.2) is 0 Å². The van der Waals surface area contributed by atoms with Gasteiger partial charge in [-0.2, -0.15) is 0 Å². The van der Waals surface area contributed by atoms with Gasteiger partial charge >= 0.3 is 0 Å². The van der Waals surface area contributed by atoms with Crippen LogP contribution in [0, 0.1) is 0 Å². The van der Waals surface area contributed by atoms with Crippen LogP contribution in [0.5, 0.6) is 5.75 Å². The summed E-state index contributed by atoms with van der Waals surface area (Å²) in [6.07, 6.45) is 4.32. The molecule has 5 nitrogen and oxygen atoms in total. The van der Waals surface area contributed by atoms with Gasteiger partial charge in [-0.3, -0.25) is 9.78 Å². The number of hydrogen-bond donors (Lipinski definition) is 2. The van der Waals surface area contributed by atoms with E-state index in [0.717, 1.165) is 16.5 Å². The fraction of sp³-hybridized carbons (Fsp3) is 0.176. The van der Waals surface area contributed by atoms with Crippen molar-refractivity contribution >= 4 is 16.8 Å². The molecule has 2 aromatic heterocycles. The number of rotatable bonds is 4. The maximum atomic E-state index is 11.9. The molecule has 112 valence electrons. The van der Waals surface area contributed by atoms with Gasteiger partial charge in [-0.15, -0.1) is 0 Å². The predicted molar refractivity (Wildman–Crippen MR) is 84.9 cm³/mol. The highest BCUT2D eigenvalue weighted by Crippen LogP contribution is 2.24. The first kappa shape index (κ1) is 14.1. The number of carbonyl (C=O) groups is 1. The number of amides is 1. The van der Waals surface area contributed by atoms with Gasteiger partial charge < -0.3 is 15.0 Å². The first-order valence-corrected chi connectivity index (χ1v) is 7.11. The smallest absolute Gasteiger partial charge is 0.269 e. The van der Waals surface area contributed by atoms with Crippen molar-refractivity contribution in [2.24, 2.45) is 7.05 Å². The van der Waals surface area contributed by atoms with Crippen LogP contribution in [0.25, 0.3) is 10.9 Å². The summed E-state index contributed by atoms with van der Waals surface area (Å²) in [6, 6.07) is 10.6. The summed E-state index contributed by atoms with van der Waals surface area (Å²) in [5.41, 5.74) is 2.57. The SMILES string of the molecule is Cn1cc(CCNC(=O)c2ccccn2)c2cc(O)ccc21. The zero-order chi connectivity index (χ0) is 15.5. The summed E-state index contributed by atoms with van der Waals surface area (Å²) in [5.74, 6) is 0.0705. The zero-order valence-corrected chi connectivity index (χ0v) is 12.3. The van der Waals surface area contributed by atoms with E-state index < -0.39 is 0 Å². The highest BCUT2D eigenvalue weighted by atomic mass is 16.3. The highest BCUT2D eigenvalue weighted by Gasteiger charge is 2.09. The molecule has 1 amide bonds. The standard InChI is InChI=1S/C17H17N3O2/c1-20-11-12(14-10-13(21)5-6-16(14)20)7-9-19-17(22)15-4-2-3-8-18-15/h2-6,8,10-11,21H,7,9H2,1H3,(H,19,22). The Labute approximate surface area is 128 Å². The van der Waals surface area contributed by atoms with Gasteiger partial charge in [0.25, 0.3) is 5.91 Å². The molecule has 0 saturated heterocycles. The van der Waals surface area contributed by atoms with Crippen molar-refractivity contribution < 1.29 is 9.90 Å². The normalized spacial score (nSPS) is 10.8. The minimum Gasteiger partial charge on any atom is -0.508 e. The fourth-order valence-corrected chi connectivity index (χ4v) is 2.56. The van der Waals surface area contributed by atoms with Crippen molar-refractivity contribution in [2.45, 2.75) is 6.42 Å². The lowest BCUT2D eigenvalue weighted by Gasteiger charge is -2.04. The predicted octanol–water partition coefficient (Wildman–Crippen LogP) is 2.25. The van der Waals surface area contributed by atoms with E-state index in [1.807, 2.05) is 23.9 Å². The minimum atomic E-state index is -0.177. The maximum absolute atomic E-state index is 11.9. The van der Waals surface area contributed by atoms with E-state index >= 15 is 0 Å². The number of nitrogens with zero attached hydrogens (tertiary/aromatic N) is 2. The lowest BCUT2D eigenvalue weighted by atomic mass is 10.1. The zero-order valence-electron chi connectivity index (χ0n) is 12.3. The Kier molecular flexibility index (Phi) is 3.78. The second-order valence-corrected chi connectivity index (χ2v) is 5.19. The molecule has 0 saturated carbocycles. The Morgan fingerprint density at radius 2 is 2.18 bits per heavy atom. The third kappa shape index (κ3) is 2.79. The third-order valence-electron chi connectivity index (χ3n) is 3.63. The van der Waals surface area contributed by atoms with Crippen molar-refractivity contribution in [3.8, 4) is 5.75 Å². The van der Waals surface area contributed by atoms with E-state index in [0.29, 0.717) is 18.7 Å². The molecule has 2 N–H and O–H groups in total. The number of fused-ring (bicyclic) bond motifs is 1. The number of carbonyl (C=O) groups excluding carboxylic acids is 1. The van der Waals surface area contributed by atoms with Crippen LogP contribution in [0.1, 0.15) is 16.1 Å². The average molecular weight is 295 g/mol. The van der Waals surface area contributed by atoms with Gasteiger partial charge in [-0.1, -0.05) is 6.07 Å². The third-order valence-corrected chi connectivity index (χ3v) is 3.63. The van der Waals surface area contributed by atoms with Crippen LogP contribution in [-0.2, 0) is 13.5 Å². The van der Waals surface area contributed by atoms with E-state index in [2.05, 4.69) is 10.3 Å². The molecule has 0 atom stereocenters. The van der Waals surface area contributed by atoms with Crippen LogP contribution in [0.3, 0.4) is 0 Å². The molecule has 0 aliphatic heterocycles. The number of hydrogen-bond acceptors (Lipinski definition) is 3. The molecular weight excluding hydrogens is 278 g/mol. The number of aromatic nitrogens is 2. The van der Waals surface area contributed by atoms with E-state index in [-0.39, 0.29) is 11.7 Å². The van der Waals surface area contributed by atoms with Crippen LogP contribution < -0.4 is 5.32 Å². The molecule has 3 rings (SSSR count). The number of phenols is 1. The molecule has 0 bridgehead atoms. The fourth-order valence-electron chi connectivity index (χ4n) is 2.56. The Hall–Kier alpha value is -2.82. The molecule has 0 aliphatic rings. The first-order valence-electron chi connectivity index (χ1n) is 7.11. The van der Waals surface area contributed by atoms with Crippen LogP contribution >= 0.6 is 0 Å². The van der Waals surface area contributed by atoms with Gasteiger partial charge in [0.2, 0.25) is 0 Å². The van der Waals surface area contributed by atoms with Gasteiger partial charge in [0, 0.05) is 36.9 Å². The Balaban J connectivity index is 1.70. The number of nitrogens with one attached hydrogen (secondary N) is 1. The summed E-state index contributed by atoms with van der Waals surface area (Å²) in [5, 5.41) is 13.5. The summed E-state index contributed by atoms with van der Waals surface area (Å²) in [4.78, 5) is 16.0. The number of aromatic hydroxyl groups is 1. The van der Waals surface area contributed by atoms with Crippen LogP contribution in [0.2, 0.25) is 0 Å². The highest BCUT2D eigenvalue weighted by molar-refractivity contribution is 5.92. The number of aryl methyl sites for hydroxylation is 1. The van der Waals surface area contributed by atoms with Gasteiger partial charge in [0.1, 0.15) is 11.4 Å². The average Bonchev–Trinajstić information content (AvgIpc) is 2.84. The minimum absolute atomic E-state index is 0.177. The molecule has 5 heteroatoms. The number of benzene rings is 1. The summed E-state index contributed by atoms with van der Waals surface area (Å²) in [6.45, 7) is 0.518. The van der Waals surface area contributed by atoms with Gasteiger partial charge in [0.05, 0.1) is 0 Å². The Morgan fingerprint density at radius 1 is 1.32 bits per heavy atom. The second-order valence-electron chi connectivity index (χ2n) is 5.19. The molecular formula is C17H17N3O2. The van der Waals surface area contributed by atoms with E-state index in [1.165, 1.54) is 0 Å². The van der Waals surface area contributed by atoms with Crippen molar-refractivity contribution in [2.75, 3.05) is 6.54 Å². The number of phenolic OH excluding ortho intramolecular Hbond substituents is 1. The lowest BCUT2D eigenvalue weighted by molar-refractivity contribution is 0.0949. The summed E-state index contributed by atoms with van der Waals surface area (Å²) >= 11 is 0. The van der Waals surface area contributed by atoms with Crippen molar-refractivity contribution in [1.29, 1.82) is 0 Å². The van der Waals surface area contributed by atoms with E-state index in [4.69, 9.17) is 0 Å². The largest absolute Gasteiger partial charge is 0.508 e. The van der Waals surface area contributed by atoms with Crippen LogP contribution in [0.4, 0.5) is 0 Å². The van der Waals surface area contributed by atoms with Crippen LogP contribution in [0.15, 0.2) is 48.8 Å². The van der Waals surface area contributed by atoms with E-state index in [9.17, 15) is 9.90 Å². The summed E-state index contributed by atoms with van der Waals surface area (Å²) in [7, 11) is 1.97. The molecule has 0 unspecified atom stereocenters. The molecule has 3 aromatic rings. The van der Waals surface area contributed by atoms with Gasteiger partial charge in [0.15, 0.2) is 0 Å². The molecule has 0 aliphatic carbocycles. The molecule has 2 heterocycles. The van der Waals surface area contributed by atoms with Crippen molar-refractivity contribution in [3.63, 3.8) is 0 Å². The summed E-state index contributed by atoms with van der Waals surface area (Å²) < 4.78 is 2.02. The first-order chi connectivity index (χ1) is 10.6. The van der Waals surface area contributed by atoms with Crippen molar-refractivity contribution in [1.82, 2.24) is 14.9 Å². The quantitative estimate of drug-likeness (QED) is 0.776. The maximum Gasteiger partial charge on any atom is 0.269 e. The Bertz CT molecular complexity index is 809. The molecule has 0 fully saturated rings. The van der Waals surface area contributed by atoms with Crippen LogP contribution in [-0.4, -0.2) is 27.1 Å². The lowest BCUT2D eigenvalue weighted by Crippen LogP contribution is -2.26. The van der Waals surface area contributed by atoms with E-state index in [1.54, 1.807) is 36.5 Å². The monoisotopic (exact) mass is 295 g/mol. The molecule has 1 aromatic carbocycles. The molecule has 0 spiro atoms. The Morgan fingerprint density at radius 3 is 2.95 bits per heavy atom. The van der Waals surface area contributed by atoms with Crippen molar-refractivity contribution in [3.05, 3.63) is 60.0 Å². The topological polar surface area (TPSA) is 67.2 Å². The molecule has 22 heavy (non-hydrogen) atoms. The van der Waals surface area contributed by atoms with Gasteiger partial charge in [-0.05, 0) is 42.3 Å². The molecule has 0 radical (unpaired) electrons. The second kappa shape index (κ2) is 5.89.